The molecule has 3 N–H and O–H groups in total. The molecule has 0 aromatic carbocycles. The van der Waals surface area contributed by atoms with Crippen molar-refractivity contribution in [3.8, 4) is 11.3 Å². The zero-order valence-corrected chi connectivity index (χ0v) is 17.9. The number of hydrogen-bond donors (Lipinski definition) is 3. The lowest BCUT2D eigenvalue weighted by molar-refractivity contribution is 0.569. The van der Waals surface area contributed by atoms with E-state index >= 15 is 0 Å². The van der Waals surface area contributed by atoms with Gasteiger partial charge in [-0.15, -0.1) is 0 Å². The average molecular weight is 416 g/mol. The smallest absolute Gasteiger partial charge is 0.248 e. The molecule has 31 heavy (non-hydrogen) atoms. The van der Waals surface area contributed by atoms with E-state index in [9.17, 15) is 4.79 Å². The molecule has 0 amide bonds. The molecule has 1 aliphatic rings. The van der Waals surface area contributed by atoms with Crippen LogP contribution in [0.25, 0.3) is 34.3 Å². The van der Waals surface area contributed by atoms with E-state index in [4.69, 9.17) is 5.10 Å². The third-order valence-electron chi connectivity index (χ3n) is 6.01. The normalized spacial score (nSPS) is 17.3. The molecule has 0 radical (unpaired) electrons. The van der Waals surface area contributed by atoms with Crippen molar-refractivity contribution in [1.29, 1.82) is 0 Å². The monoisotopic (exact) mass is 415 g/mol. The van der Waals surface area contributed by atoms with E-state index in [0.717, 1.165) is 64.1 Å². The molecule has 4 aromatic heterocycles. The number of pyridine rings is 2. The highest BCUT2D eigenvalue weighted by Gasteiger charge is 2.18. The lowest BCUT2D eigenvalue weighted by Gasteiger charge is -2.17. The highest BCUT2D eigenvalue weighted by atomic mass is 16.1. The van der Waals surface area contributed by atoms with Crippen molar-refractivity contribution < 1.29 is 0 Å². The number of aryl methyl sites for hydroxylation is 1. The SMILES string of the molecule is CCc1c2c(nn1C)CCN[C@H](C)c1c[nH]c(=O)cc1-c1cc3c(n[nH]c3cn1)/C=C/2. The number of fused-ring (bicyclic) bond motifs is 4. The van der Waals surface area contributed by atoms with Gasteiger partial charge < -0.3 is 10.3 Å². The Morgan fingerprint density at radius 1 is 1.26 bits per heavy atom. The van der Waals surface area contributed by atoms with Gasteiger partial charge in [0.2, 0.25) is 5.56 Å². The van der Waals surface area contributed by atoms with Crippen molar-refractivity contribution in [2.45, 2.75) is 32.7 Å². The van der Waals surface area contributed by atoms with Crippen molar-refractivity contribution in [3.63, 3.8) is 0 Å². The highest BCUT2D eigenvalue weighted by Crippen LogP contribution is 2.29. The summed E-state index contributed by atoms with van der Waals surface area (Å²) in [5.41, 5.74) is 7.56. The number of aromatic amines is 2. The predicted molar refractivity (Wildman–Crippen MR) is 122 cm³/mol. The lowest BCUT2D eigenvalue weighted by atomic mass is 9.99. The van der Waals surface area contributed by atoms with E-state index in [-0.39, 0.29) is 11.6 Å². The molecular weight excluding hydrogens is 390 g/mol. The van der Waals surface area contributed by atoms with Gasteiger partial charge in [-0.1, -0.05) is 6.92 Å². The molecule has 1 aliphatic heterocycles. The molecule has 0 saturated heterocycles. The average Bonchev–Trinajstić information content (AvgIpc) is 3.30. The Labute approximate surface area is 179 Å². The fraction of sp³-hybridized carbons (Fsp3) is 0.304. The Bertz CT molecular complexity index is 1360. The van der Waals surface area contributed by atoms with Crippen LogP contribution in [0.3, 0.4) is 0 Å². The van der Waals surface area contributed by atoms with Gasteiger partial charge in [-0.3, -0.25) is 19.6 Å². The molecule has 0 fully saturated rings. The van der Waals surface area contributed by atoms with Gasteiger partial charge in [-0.2, -0.15) is 10.2 Å². The first-order chi connectivity index (χ1) is 15.0. The highest BCUT2D eigenvalue weighted by molar-refractivity contribution is 5.91. The Morgan fingerprint density at radius 2 is 2.13 bits per heavy atom. The largest absolute Gasteiger partial charge is 0.329 e. The molecule has 8 nitrogen and oxygen atoms in total. The van der Waals surface area contributed by atoms with Crippen LogP contribution < -0.4 is 10.9 Å². The van der Waals surface area contributed by atoms with E-state index in [0.29, 0.717) is 0 Å². The van der Waals surface area contributed by atoms with E-state index in [1.807, 2.05) is 23.9 Å². The van der Waals surface area contributed by atoms with E-state index in [1.54, 1.807) is 18.5 Å². The minimum Gasteiger partial charge on any atom is -0.329 e. The number of rotatable bonds is 1. The van der Waals surface area contributed by atoms with Gasteiger partial charge in [0, 0.05) is 60.5 Å². The van der Waals surface area contributed by atoms with E-state index in [1.165, 1.54) is 5.69 Å². The molecule has 4 aromatic rings. The molecule has 0 aliphatic carbocycles. The first-order valence-electron chi connectivity index (χ1n) is 10.6. The standard InChI is InChI=1S/C23H25N7O/c1-4-22-14-5-6-18-16-9-20(25-12-21(16)28-27-18)15-10-23(31)26-11-17(15)13(2)24-8-7-19(14)29-30(22)3/h5-6,9-13,24H,4,7-8H2,1-3H3,(H,26,31)(H,27,28)/b6-5+/t13-/m1/s1. The fourth-order valence-corrected chi connectivity index (χ4v) is 4.39. The molecule has 0 unspecified atom stereocenters. The maximum atomic E-state index is 12.1. The molecule has 158 valence electrons. The second-order valence-corrected chi connectivity index (χ2v) is 7.93. The zero-order valence-electron chi connectivity index (χ0n) is 17.9. The summed E-state index contributed by atoms with van der Waals surface area (Å²) < 4.78 is 1.97. The van der Waals surface area contributed by atoms with Crippen LogP contribution in [0.2, 0.25) is 0 Å². The predicted octanol–water partition coefficient (Wildman–Crippen LogP) is 2.99. The van der Waals surface area contributed by atoms with Gasteiger partial charge in [-0.25, -0.2) is 0 Å². The van der Waals surface area contributed by atoms with E-state index < -0.39 is 0 Å². The van der Waals surface area contributed by atoms with Gasteiger partial charge in [0.1, 0.15) is 0 Å². The van der Waals surface area contributed by atoms with Crippen LogP contribution in [0.5, 0.6) is 0 Å². The van der Waals surface area contributed by atoms with E-state index in [2.05, 4.69) is 45.4 Å². The van der Waals surface area contributed by atoms with Gasteiger partial charge in [0.25, 0.3) is 0 Å². The second-order valence-electron chi connectivity index (χ2n) is 7.93. The maximum absolute atomic E-state index is 12.1. The van der Waals surface area contributed by atoms with Crippen LogP contribution in [0, 0.1) is 0 Å². The number of nitrogens with one attached hydrogen (secondary N) is 3. The molecule has 5 heterocycles. The van der Waals surface area contributed by atoms with Crippen LogP contribution in [-0.4, -0.2) is 36.5 Å². The Hall–Kier alpha value is -3.52. The third kappa shape index (κ3) is 3.38. The summed E-state index contributed by atoms with van der Waals surface area (Å²) in [7, 11) is 2.00. The second kappa shape index (κ2) is 7.63. The fourth-order valence-electron chi connectivity index (χ4n) is 4.39. The summed E-state index contributed by atoms with van der Waals surface area (Å²) in [4.78, 5) is 19.5. The van der Waals surface area contributed by atoms with Gasteiger partial charge in [0.15, 0.2) is 0 Å². The molecular formula is C23H25N7O. The summed E-state index contributed by atoms with van der Waals surface area (Å²) in [6, 6.07) is 3.65. The minimum absolute atomic E-state index is 0.0319. The summed E-state index contributed by atoms with van der Waals surface area (Å²) in [5.74, 6) is 0. The summed E-state index contributed by atoms with van der Waals surface area (Å²) in [5, 5.41) is 16.9. The van der Waals surface area contributed by atoms with Crippen molar-refractivity contribution in [2.24, 2.45) is 7.05 Å². The van der Waals surface area contributed by atoms with Gasteiger partial charge in [-0.05, 0) is 37.1 Å². The lowest BCUT2D eigenvalue weighted by Crippen LogP contribution is -2.23. The molecule has 5 rings (SSSR count). The van der Waals surface area contributed by atoms with Crippen molar-refractivity contribution in [2.75, 3.05) is 6.54 Å². The molecule has 2 bridgehead atoms. The maximum Gasteiger partial charge on any atom is 0.248 e. The summed E-state index contributed by atoms with van der Waals surface area (Å²) in [6.45, 7) is 5.01. The number of aromatic nitrogens is 6. The van der Waals surface area contributed by atoms with Crippen molar-refractivity contribution in [1.82, 2.24) is 35.3 Å². The molecule has 1 atom stereocenters. The molecule has 0 saturated carbocycles. The Morgan fingerprint density at radius 3 is 2.97 bits per heavy atom. The zero-order chi connectivity index (χ0) is 21.5. The van der Waals surface area contributed by atoms with Crippen molar-refractivity contribution in [3.05, 3.63) is 63.1 Å². The summed E-state index contributed by atoms with van der Waals surface area (Å²) >= 11 is 0. The topological polar surface area (TPSA) is 104 Å². The quantitative estimate of drug-likeness (QED) is 0.443. The van der Waals surface area contributed by atoms with Gasteiger partial charge >= 0.3 is 0 Å². The van der Waals surface area contributed by atoms with Crippen LogP contribution in [0.1, 0.15) is 48.1 Å². The number of hydrogen-bond acceptors (Lipinski definition) is 5. The minimum atomic E-state index is -0.147. The first-order valence-corrected chi connectivity index (χ1v) is 10.6. The van der Waals surface area contributed by atoms with Crippen molar-refractivity contribution >= 4 is 23.1 Å². The summed E-state index contributed by atoms with van der Waals surface area (Å²) in [6.07, 6.45) is 9.41. The third-order valence-corrected chi connectivity index (χ3v) is 6.01. The van der Waals surface area contributed by atoms with Crippen LogP contribution >= 0.6 is 0 Å². The number of H-pyrrole nitrogens is 2. The van der Waals surface area contributed by atoms with Crippen LogP contribution in [0.15, 0.2) is 29.3 Å². The number of nitrogens with zero attached hydrogens (tertiary/aromatic N) is 4. The molecule has 0 spiro atoms. The Balaban J connectivity index is 1.73. The molecule has 8 heteroatoms. The Kier molecular flexibility index (Phi) is 4.78. The van der Waals surface area contributed by atoms with Crippen LogP contribution in [0.4, 0.5) is 0 Å². The van der Waals surface area contributed by atoms with Crippen LogP contribution in [-0.2, 0) is 19.9 Å². The first kappa shape index (κ1) is 19.4. The van der Waals surface area contributed by atoms with Gasteiger partial charge in [0.05, 0.1) is 28.8 Å².